The zero-order chi connectivity index (χ0) is 15.2. The van der Waals surface area contributed by atoms with E-state index in [2.05, 4.69) is 6.92 Å². The molecule has 0 aliphatic carbocycles. The average molecular weight is 284 g/mol. The molecular weight excluding hydrogens is 264 g/mol. The van der Waals surface area contributed by atoms with E-state index in [0.717, 1.165) is 12.0 Å². The molecule has 0 saturated carbocycles. The van der Waals surface area contributed by atoms with E-state index in [9.17, 15) is 9.90 Å². The standard InChI is InChI=1S/C18H20O3/c1-3-4-7-14-9-11-15(12-10-14)21-17-13(2)6-5-8-16(17)18(19)20/h5-6,8-12H,3-4,7H2,1-2H3,(H,19,20). The summed E-state index contributed by atoms with van der Waals surface area (Å²) in [6, 6.07) is 13.0. The fourth-order valence-corrected chi connectivity index (χ4v) is 2.18. The Labute approximate surface area is 125 Å². The minimum atomic E-state index is -0.978. The Kier molecular flexibility index (Phi) is 4.99. The third-order valence-corrected chi connectivity index (χ3v) is 3.40. The van der Waals surface area contributed by atoms with Gasteiger partial charge in [0.05, 0.1) is 0 Å². The van der Waals surface area contributed by atoms with E-state index in [-0.39, 0.29) is 5.56 Å². The van der Waals surface area contributed by atoms with Gasteiger partial charge in [-0.05, 0) is 49.1 Å². The van der Waals surface area contributed by atoms with Gasteiger partial charge in [-0.3, -0.25) is 0 Å². The fraction of sp³-hybridized carbons (Fsp3) is 0.278. The van der Waals surface area contributed by atoms with Gasteiger partial charge in [0.2, 0.25) is 0 Å². The number of ether oxygens (including phenoxy) is 1. The second kappa shape index (κ2) is 6.93. The van der Waals surface area contributed by atoms with Gasteiger partial charge in [0.25, 0.3) is 0 Å². The molecule has 21 heavy (non-hydrogen) atoms. The van der Waals surface area contributed by atoms with Gasteiger partial charge in [0, 0.05) is 0 Å². The molecule has 0 saturated heterocycles. The van der Waals surface area contributed by atoms with Crippen molar-refractivity contribution in [2.24, 2.45) is 0 Å². The topological polar surface area (TPSA) is 46.5 Å². The number of aryl methyl sites for hydroxylation is 2. The van der Waals surface area contributed by atoms with Gasteiger partial charge < -0.3 is 9.84 Å². The molecule has 0 aromatic heterocycles. The van der Waals surface area contributed by atoms with Crippen LogP contribution in [0.1, 0.15) is 41.3 Å². The Hall–Kier alpha value is -2.29. The van der Waals surface area contributed by atoms with Crippen LogP contribution in [0.3, 0.4) is 0 Å². The van der Waals surface area contributed by atoms with Crippen LogP contribution in [0.2, 0.25) is 0 Å². The number of carboxylic acid groups (broad SMARTS) is 1. The lowest BCUT2D eigenvalue weighted by Crippen LogP contribution is -2.01. The molecule has 0 fully saturated rings. The lowest BCUT2D eigenvalue weighted by Gasteiger charge is -2.12. The minimum Gasteiger partial charge on any atom is -0.478 e. The normalized spacial score (nSPS) is 10.4. The van der Waals surface area contributed by atoms with Gasteiger partial charge in [-0.2, -0.15) is 0 Å². The Balaban J connectivity index is 2.20. The molecule has 0 unspecified atom stereocenters. The van der Waals surface area contributed by atoms with Crippen molar-refractivity contribution in [3.8, 4) is 11.5 Å². The van der Waals surface area contributed by atoms with E-state index >= 15 is 0 Å². The van der Waals surface area contributed by atoms with Crippen molar-refractivity contribution in [3.63, 3.8) is 0 Å². The Morgan fingerprint density at radius 2 is 1.86 bits per heavy atom. The molecule has 0 radical (unpaired) electrons. The van der Waals surface area contributed by atoms with Crippen molar-refractivity contribution in [2.45, 2.75) is 33.1 Å². The Bertz CT molecular complexity index is 615. The highest BCUT2D eigenvalue weighted by molar-refractivity contribution is 5.91. The summed E-state index contributed by atoms with van der Waals surface area (Å²) in [6.45, 7) is 4.01. The maximum Gasteiger partial charge on any atom is 0.339 e. The molecule has 1 N–H and O–H groups in total. The van der Waals surface area contributed by atoms with E-state index in [1.165, 1.54) is 18.4 Å². The quantitative estimate of drug-likeness (QED) is 0.826. The predicted molar refractivity (Wildman–Crippen MR) is 83.3 cm³/mol. The van der Waals surface area contributed by atoms with E-state index in [1.807, 2.05) is 37.3 Å². The van der Waals surface area contributed by atoms with Gasteiger partial charge in [-0.15, -0.1) is 0 Å². The number of unbranched alkanes of at least 4 members (excludes halogenated alkanes) is 1. The molecule has 2 rings (SSSR count). The Morgan fingerprint density at radius 3 is 2.48 bits per heavy atom. The van der Waals surface area contributed by atoms with E-state index in [0.29, 0.717) is 11.5 Å². The summed E-state index contributed by atoms with van der Waals surface area (Å²) in [7, 11) is 0. The van der Waals surface area contributed by atoms with Crippen LogP contribution in [-0.2, 0) is 6.42 Å². The SMILES string of the molecule is CCCCc1ccc(Oc2c(C)cccc2C(=O)O)cc1. The molecule has 0 amide bonds. The summed E-state index contributed by atoms with van der Waals surface area (Å²) in [5.41, 5.74) is 2.27. The highest BCUT2D eigenvalue weighted by Gasteiger charge is 2.14. The second-order valence-corrected chi connectivity index (χ2v) is 5.11. The van der Waals surface area contributed by atoms with Crippen molar-refractivity contribution in [1.82, 2.24) is 0 Å². The summed E-state index contributed by atoms with van der Waals surface area (Å²) >= 11 is 0. The van der Waals surface area contributed by atoms with Crippen LogP contribution in [0.15, 0.2) is 42.5 Å². The first-order valence-corrected chi connectivity index (χ1v) is 7.21. The van der Waals surface area contributed by atoms with Crippen LogP contribution in [0.5, 0.6) is 11.5 Å². The molecular formula is C18H20O3. The molecule has 2 aromatic carbocycles. The molecule has 0 spiro atoms. The zero-order valence-corrected chi connectivity index (χ0v) is 12.4. The number of carboxylic acids is 1. The van der Waals surface area contributed by atoms with Crippen LogP contribution in [0, 0.1) is 6.92 Å². The first-order valence-electron chi connectivity index (χ1n) is 7.21. The number of hydrogen-bond donors (Lipinski definition) is 1. The van der Waals surface area contributed by atoms with E-state index < -0.39 is 5.97 Å². The van der Waals surface area contributed by atoms with Gasteiger partial charge in [0.15, 0.2) is 0 Å². The van der Waals surface area contributed by atoms with Gasteiger partial charge in [0.1, 0.15) is 17.1 Å². The largest absolute Gasteiger partial charge is 0.478 e. The first kappa shape index (κ1) is 15.1. The number of carbonyl (C=O) groups is 1. The summed E-state index contributed by atoms with van der Waals surface area (Å²) < 4.78 is 5.78. The molecule has 0 bridgehead atoms. The molecule has 110 valence electrons. The number of hydrogen-bond acceptors (Lipinski definition) is 2. The summed E-state index contributed by atoms with van der Waals surface area (Å²) in [6.07, 6.45) is 3.39. The average Bonchev–Trinajstić information content (AvgIpc) is 2.48. The van der Waals surface area contributed by atoms with Crippen molar-refractivity contribution >= 4 is 5.97 Å². The summed E-state index contributed by atoms with van der Waals surface area (Å²) in [4.78, 5) is 11.3. The van der Waals surface area contributed by atoms with Crippen molar-refractivity contribution in [3.05, 3.63) is 59.2 Å². The highest BCUT2D eigenvalue weighted by atomic mass is 16.5. The third-order valence-electron chi connectivity index (χ3n) is 3.40. The predicted octanol–water partition coefficient (Wildman–Crippen LogP) is 4.83. The number of rotatable bonds is 6. The zero-order valence-electron chi connectivity index (χ0n) is 12.4. The smallest absolute Gasteiger partial charge is 0.339 e. The molecule has 0 aliphatic rings. The second-order valence-electron chi connectivity index (χ2n) is 5.11. The van der Waals surface area contributed by atoms with Crippen molar-refractivity contribution in [1.29, 1.82) is 0 Å². The van der Waals surface area contributed by atoms with E-state index in [1.54, 1.807) is 12.1 Å². The summed E-state index contributed by atoms with van der Waals surface area (Å²) in [5.74, 6) is 0.0895. The minimum absolute atomic E-state index is 0.185. The first-order chi connectivity index (χ1) is 10.1. The van der Waals surface area contributed by atoms with Crippen LogP contribution < -0.4 is 4.74 Å². The van der Waals surface area contributed by atoms with Crippen LogP contribution in [0.4, 0.5) is 0 Å². The molecule has 0 heterocycles. The van der Waals surface area contributed by atoms with Crippen molar-refractivity contribution in [2.75, 3.05) is 0 Å². The van der Waals surface area contributed by atoms with Gasteiger partial charge >= 0.3 is 5.97 Å². The van der Waals surface area contributed by atoms with Crippen LogP contribution >= 0.6 is 0 Å². The van der Waals surface area contributed by atoms with Gasteiger partial charge in [-0.25, -0.2) is 4.79 Å². The lowest BCUT2D eigenvalue weighted by atomic mass is 10.1. The lowest BCUT2D eigenvalue weighted by molar-refractivity contribution is 0.0694. The van der Waals surface area contributed by atoms with Gasteiger partial charge in [-0.1, -0.05) is 37.6 Å². The molecule has 0 aliphatic heterocycles. The maximum absolute atomic E-state index is 11.3. The summed E-state index contributed by atoms with van der Waals surface area (Å²) in [5, 5.41) is 9.23. The maximum atomic E-state index is 11.3. The third kappa shape index (κ3) is 3.85. The number of para-hydroxylation sites is 1. The van der Waals surface area contributed by atoms with Crippen LogP contribution in [-0.4, -0.2) is 11.1 Å². The fourth-order valence-electron chi connectivity index (χ4n) is 2.18. The van der Waals surface area contributed by atoms with Crippen molar-refractivity contribution < 1.29 is 14.6 Å². The molecule has 0 atom stereocenters. The number of aromatic carboxylic acids is 1. The number of benzene rings is 2. The molecule has 3 nitrogen and oxygen atoms in total. The molecule has 3 heteroatoms. The monoisotopic (exact) mass is 284 g/mol. The van der Waals surface area contributed by atoms with E-state index in [4.69, 9.17) is 4.74 Å². The van der Waals surface area contributed by atoms with Crippen LogP contribution in [0.25, 0.3) is 0 Å². The Morgan fingerprint density at radius 1 is 1.14 bits per heavy atom. The molecule has 2 aromatic rings. The highest BCUT2D eigenvalue weighted by Crippen LogP contribution is 2.29.